The van der Waals surface area contributed by atoms with Crippen molar-refractivity contribution in [2.75, 3.05) is 32.6 Å². The lowest BCUT2D eigenvalue weighted by Gasteiger charge is -2.10. The molecular formula is C8H17NO6S. The number of aliphatic hydroxyl groups excluding tert-OH is 1. The average molecular weight is 255 g/mol. The van der Waals surface area contributed by atoms with Crippen LogP contribution in [0, 0.1) is 0 Å². The van der Waals surface area contributed by atoms with E-state index in [0.717, 1.165) is 7.11 Å². The smallest absolute Gasteiger partial charge is 0.336 e. The topological polar surface area (TPSA) is 102 Å². The summed E-state index contributed by atoms with van der Waals surface area (Å²) in [5.74, 6) is -1.10. The molecule has 1 atom stereocenters. The summed E-state index contributed by atoms with van der Waals surface area (Å²) < 4.78 is 33.7. The Morgan fingerprint density at radius 3 is 2.62 bits per heavy atom. The predicted octanol–water partition coefficient (Wildman–Crippen LogP) is -1.52. The van der Waals surface area contributed by atoms with Crippen molar-refractivity contribution in [1.82, 2.24) is 4.72 Å². The summed E-state index contributed by atoms with van der Waals surface area (Å²) in [5.41, 5.74) is 0. The molecule has 0 radical (unpaired) electrons. The molecule has 0 bridgehead atoms. The van der Waals surface area contributed by atoms with Gasteiger partial charge >= 0.3 is 5.97 Å². The lowest BCUT2D eigenvalue weighted by atomic mass is 10.4. The minimum Gasteiger partial charge on any atom is -0.467 e. The quantitative estimate of drug-likeness (QED) is 0.403. The van der Waals surface area contributed by atoms with Crippen molar-refractivity contribution < 1.29 is 27.8 Å². The molecule has 0 spiro atoms. The standard InChI is InChI=1S/C8H17NO6S/c1-3-15-4-5-16(12,13)9-6-7(10)8(11)14-2/h7,9-10H,3-6H2,1-2H3. The number of ether oxygens (including phenoxy) is 2. The van der Waals surface area contributed by atoms with Gasteiger partial charge in [0.25, 0.3) is 0 Å². The van der Waals surface area contributed by atoms with E-state index in [-0.39, 0.29) is 12.4 Å². The molecule has 0 heterocycles. The van der Waals surface area contributed by atoms with Crippen molar-refractivity contribution in [1.29, 1.82) is 0 Å². The number of carbonyl (C=O) groups excluding carboxylic acids is 1. The maximum absolute atomic E-state index is 11.3. The van der Waals surface area contributed by atoms with Gasteiger partial charge < -0.3 is 14.6 Å². The van der Waals surface area contributed by atoms with Crippen LogP contribution in [0.4, 0.5) is 0 Å². The summed E-state index contributed by atoms with van der Waals surface area (Å²) >= 11 is 0. The first-order chi connectivity index (χ1) is 7.43. The number of methoxy groups -OCH3 is 1. The van der Waals surface area contributed by atoms with E-state index in [0.29, 0.717) is 6.61 Å². The van der Waals surface area contributed by atoms with Crippen LogP contribution < -0.4 is 4.72 Å². The molecule has 0 aromatic heterocycles. The summed E-state index contributed by atoms with van der Waals surface area (Å²) in [5, 5.41) is 9.12. The Morgan fingerprint density at radius 1 is 1.50 bits per heavy atom. The summed E-state index contributed by atoms with van der Waals surface area (Å²) in [7, 11) is -2.43. The minimum atomic E-state index is -3.53. The predicted molar refractivity (Wildman–Crippen MR) is 56.3 cm³/mol. The third-order valence-electron chi connectivity index (χ3n) is 1.67. The van der Waals surface area contributed by atoms with Crippen molar-refractivity contribution >= 4 is 16.0 Å². The highest BCUT2D eigenvalue weighted by Crippen LogP contribution is 1.90. The lowest BCUT2D eigenvalue weighted by Crippen LogP contribution is -2.38. The van der Waals surface area contributed by atoms with Gasteiger partial charge in [-0.15, -0.1) is 0 Å². The zero-order valence-corrected chi connectivity index (χ0v) is 10.1. The van der Waals surface area contributed by atoms with Crippen LogP contribution in [0.3, 0.4) is 0 Å². The van der Waals surface area contributed by atoms with Gasteiger partial charge in [0.1, 0.15) is 0 Å². The molecule has 1 unspecified atom stereocenters. The molecule has 0 aliphatic heterocycles. The number of hydrogen-bond acceptors (Lipinski definition) is 6. The minimum absolute atomic E-state index is 0.0696. The Labute approximate surface area is 94.8 Å². The van der Waals surface area contributed by atoms with Gasteiger partial charge in [0.15, 0.2) is 6.10 Å². The van der Waals surface area contributed by atoms with Crippen LogP contribution in [0.25, 0.3) is 0 Å². The fourth-order valence-electron chi connectivity index (χ4n) is 0.810. The summed E-state index contributed by atoms with van der Waals surface area (Å²) in [4.78, 5) is 10.8. The van der Waals surface area contributed by atoms with Crippen LogP contribution in [-0.2, 0) is 24.3 Å². The zero-order chi connectivity index (χ0) is 12.6. The molecule has 7 nitrogen and oxygen atoms in total. The number of aliphatic hydroxyl groups is 1. The molecule has 0 aliphatic rings. The number of nitrogens with one attached hydrogen (secondary N) is 1. The SMILES string of the molecule is CCOCCS(=O)(=O)NCC(O)C(=O)OC. The van der Waals surface area contributed by atoms with Gasteiger partial charge in [-0.1, -0.05) is 0 Å². The Balaban J connectivity index is 3.94. The fraction of sp³-hybridized carbons (Fsp3) is 0.875. The first kappa shape index (κ1) is 15.3. The molecule has 2 N–H and O–H groups in total. The second kappa shape index (κ2) is 7.55. The number of carbonyl (C=O) groups is 1. The largest absolute Gasteiger partial charge is 0.467 e. The molecule has 16 heavy (non-hydrogen) atoms. The van der Waals surface area contributed by atoms with E-state index < -0.39 is 28.6 Å². The summed E-state index contributed by atoms with van der Waals surface area (Å²) in [6.07, 6.45) is -1.49. The highest BCUT2D eigenvalue weighted by Gasteiger charge is 2.18. The monoisotopic (exact) mass is 255 g/mol. The number of esters is 1. The van der Waals surface area contributed by atoms with Crippen LogP contribution in [0.5, 0.6) is 0 Å². The Morgan fingerprint density at radius 2 is 2.12 bits per heavy atom. The van der Waals surface area contributed by atoms with Crippen molar-refractivity contribution in [2.24, 2.45) is 0 Å². The van der Waals surface area contributed by atoms with Crippen LogP contribution in [0.2, 0.25) is 0 Å². The van der Waals surface area contributed by atoms with E-state index in [1.165, 1.54) is 0 Å². The first-order valence-corrected chi connectivity index (χ1v) is 6.39. The van der Waals surface area contributed by atoms with E-state index in [1.807, 2.05) is 0 Å². The maximum Gasteiger partial charge on any atom is 0.336 e. The van der Waals surface area contributed by atoms with Crippen LogP contribution in [0.1, 0.15) is 6.92 Å². The normalized spacial score (nSPS) is 13.4. The molecule has 0 rings (SSSR count). The van der Waals surface area contributed by atoms with E-state index in [9.17, 15) is 13.2 Å². The molecule has 8 heteroatoms. The van der Waals surface area contributed by atoms with Crippen molar-refractivity contribution in [2.45, 2.75) is 13.0 Å². The molecule has 0 aromatic carbocycles. The zero-order valence-electron chi connectivity index (χ0n) is 9.30. The third kappa shape index (κ3) is 6.72. The third-order valence-corrected chi connectivity index (χ3v) is 2.98. The molecule has 96 valence electrons. The summed E-state index contributed by atoms with van der Waals surface area (Å²) in [6.45, 7) is 1.85. The van der Waals surface area contributed by atoms with E-state index >= 15 is 0 Å². The molecule has 0 saturated carbocycles. The first-order valence-electron chi connectivity index (χ1n) is 4.74. The highest BCUT2D eigenvalue weighted by molar-refractivity contribution is 7.89. The highest BCUT2D eigenvalue weighted by atomic mass is 32.2. The van der Waals surface area contributed by atoms with Crippen molar-refractivity contribution in [3.63, 3.8) is 0 Å². The summed E-state index contributed by atoms with van der Waals surface area (Å²) in [6, 6.07) is 0. The second-order valence-corrected chi connectivity index (χ2v) is 4.83. The molecule has 0 amide bonds. The fourth-order valence-corrected chi connectivity index (χ4v) is 1.70. The van der Waals surface area contributed by atoms with E-state index in [2.05, 4.69) is 9.46 Å². The van der Waals surface area contributed by atoms with Gasteiger partial charge in [-0.25, -0.2) is 17.9 Å². The van der Waals surface area contributed by atoms with Crippen molar-refractivity contribution in [3.05, 3.63) is 0 Å². The number of rotatable bonds is 8. The van der Waals surface area contributed by atoms with Gasteiger partial charge in [0, 0.05) is 13.2 Å². The Kier molecular flexibility index (Phi) is 7.22. The Hall–Kier alpha value is -0.700. The number of hydrogen-bond donors (Lipinski definition) is 2. The van der Waals surface area contributed by atoms with Crippen LogP contribution in [-0.4, -0.2) is 58.2 Å². The lowest BCUT2D eigenvalue weighted by molar-refractivity contribution is -0.149. The molecular weight excluding hydrogens is 238 g/mol. The van der Waals surface area contributed by atoms with Crippen LogP contribution in [0.15, 0.2) is 0 Å². The van der Waals surface area contributed by atoms with Gasteiger partial charge in [-0.3, -0.25) is 0 Å². The maximum atomic E-state index is 11.3. The van der Waals surface area contributed by atoms with Crippen molar-refractivity contribution in [3.8, 4) is 0 Å². The molecule has 0 fully saturated rings. The van der Waals surface area contributed by atoms with E-state index in [4.69, 9.17) is 9.84 Å². The molecule has 0 aromatic rings. The van der Waals surface area contributed by atoms with Crippen LogP contribution >= 0.6 is 0 Å². The average Bonchev–Trinajstić information content (AvgIpc) is 2.25. The molecule has 0 saturated heterocycles. The van der Waals surface area contributed by atoms with Gasteiger partial charge in [-0.2, -0.15) is 0 Å². The van der Waals surface area contributed by atoms with E-state index in [1.54, 1.807) is 6.92 Å². The van der Waals surface area contributed by atoms with Gasteiger partial charge in [0.2, 0.25) is 10.0 Å². The van der Waals surface area contributed by atoms with Gasteiger partial charge in [-0.05, 0) is 6.92 Å². The van der Waals surface area contributed by atoms with Gasteiger partial charge in [0.05, 0.1) is 19.5 Å². The Bertz CT molecular complexity index is 302. The number of sulfonamides is 1. The molecule has 0 aliphatic carbocycles. The second-order valence-electron chi connectivity index (χ2n) is 2.90.